The van der Waals surface area contributed by atoms with Crippen LogP contribution in [0.4, 0.5) is 0 Å². The molecule has 0 fully saturated rings. The van der Waals surface area contributed by atoms with Gasteiger partial charge in [0.2, 0.25) is 0 Å². The minimum Gasteiger partial charge on any atom is -0.485 e. The Morgan fingerprint density at radius 2 is 2.10 bits per heavy atom. The maximum Gasteiger partial charge on any atom is 0.141 e. The van der Waals surface area contributed by atoms with Crippen molar-refractivity contribution < 1.29 is 4.74 Å². The van der Waals surface area contributed by atoms with E-state index in [0.29, 0.717) is 28.8 Å². The van der Waals surface area contributed by atoms with Gasteiger partial charge in [0.05, 0.1) is 10.7 Å². The summed E-state index contributed by atoms with van der Waals surface area (Å²) in [6.45, 7) is 2.26. The van der Waals surface area contributed by atoms with E-state index in [0.717, 1.165) is 15.7 Å². The number of rotatable bonds is 5. The molecule has 1 aromatic heterocycles. The molecule has 1 atom stereocenters. The molecule has 1 heterocycles. The fourth-order valence-electron chi connectivity index (χ4n) is 1.91. The Bertz CT molecular complexity index is 618. The summed E-state index contributed by atoms with van der Waals surface area (Å²) in [6.07, 6.45) is 2.37. The van der Waals surface area contributed by atoms with E-state index >= 15 is 0 Å². The van der Waals surface area contributed by atoms with Crippen molar-refractivity contribution in [1.82, 2.24) is 4.98 Å². The molecule has 6 heteroatoms. The minimum absolute atomic E-state index is 0.00677. The van der Waals surface area contributed by atoms with Crippen LogP contribution in [0.25, 0.3) is 0 Å². The number of nitrogens with two attached hydrogens (primary N) is 1. The summed E-state index contributed by atoms with van der Waals surface area (Å²) in [5.74, 6) is 0.614. The van der Waals surface area contributed by atoms with E-state index in [1.165, 1.54) is 0 Å². The molecule has 0 aliphatic heterocycles. The van der Waals surface area contributed by atoms with Gasteiger partial charge in [0, 0.05) is 21.7 Å². The van der Waals surface area contributed by atoms with Crippen LogP contribution in [0.3, 0.4) is 0 Å². The first-order chi connectivity index (χ1) is 9.95. The van der Waals surface area contributed by atoms with Crippen molar-refractivity contribution >= 4 is 39.1 Å². The zero-order valence-corrected chi connectivity index (χ0v) is 14.5. The highest BCUT2D eigenvalue weighted by Crippen LogP contribution is 2.33. The second kappa shape index (κ2) is 7.45. The van der Waals surface area contributed by atoms with E-state index in [-0.39, 0.29) is 6.04 Å². The van der Waals surface area contributed by atoms with Crippen LogP contribution in [0, 0.1) is 0 Å². The van der Waals surface area contributed by atoms with Gasteiger partial charge >= 0.3 is 0 Å². The van der Waals surface area contributed by atoms with E-state index < -0.39 is 0 Å². The molecule has 112 valence electrons. The number of aromatic nitrogens is 1. The molecule has 0 spiro atoms. The monoisotopic (exact) mass is 388 g/mol. The van der Waals surface area contributed by atoms with Gasteiger partial charge in [-0.05, 0) is 59.1 Å². The maximum absolute atomic E-state index is 6.23. The minimum atomic E-state index is -0.00677. The molecule has 2 N–H and O–H groups in total. The predicted molar refractivity (Wildman–Crippen MR) is 90.1 cm³/mol. The third-order valence-corrected chi connectivity index (χ3v) is 3.75. The first-order valence-corrected chi connectivity index (χ1v) is 7.97. The van der Waals surface area contributed by atoms with Gasteiger partial charge in [0.1, 0.15) is 12.4 Å². The Morgan fingerprint density at radius 1 is 1.33 bits per heavy atom. The van der Waals surface area contributed by atoms with Crippen LogP contribution >= 0.6 is 39.1 Å². The molecule has 0 saturated heterocycles. The molecule has 0 amide bonds. The normalized spacial score (nSPS) is 12.2. The summed E-state index contributed by atoms with van der Waals surface area (Å²) in [6, 6.07) is 7.30. The molecule has 3 nitrogen and oxygen atoms in total. The lowest BCUT2D eigenvalue weighted by atomic mass is 10.1. The third kappa shape index (κ3) is 4.85. The van der Waals surface area contributed by atoms with E-state index in [9.17, 15) is 0 Å². The zero-order valence-electron chi connectivity index (χ0n) is 11.4. The number of halogens is 3. The predicted octanol–water partition coefficient (Wildman–Crippen LogP) is 4.62. The third-order valence-electron chi connectivity index (χ3n) is 2.78. The SMILES string of the molecule is CC(N)Cc1cc(Cl)cc(Cl)c1OCc1ccc(Br)cn1. The van der Waals surface area contributed by atoms with Gasteiger partial charge in [0.25, 0.3) is 0 Å². The van der Waals surface area contributed by atoms with Gasteiger partial charge in [-0.1, -0.05) is 23.2 Å². The standard InChI is InChI=1S/C15H15BrCl2N2O/c1-9(19)4-10-5-12(17)6-14(18)15(10)21-8-13-3-2-11(16)7-20-13/h2-3,5-7,9H,4,8,19H2,1H3. The van der Waals surface area contributed by atoms with Gasteiger partial charge in [-0.25, -0.2) is 0 Å². The lowest BCUT2D eigenvalue weighted by molar-refractivity contribution is 0.298. The van der Waals surface area contributed by atoms with Crippen molar-refractivity contribution in [2.45, 2.75) is 26.0 Å². The Morgan fingerprint density at radius 3 is 2.71 bits per heavy atom. The quantitative estimate of drug-likeness (QED) is 0.811. The summed E-state index contributed by atoms with van der Waals surface area (Å²) in [7, 11) is 0. The summed E-state index contributed by atoms with van der Waals surface area (Å²) in [5.41, 5.74) is 7.58. The van der Waals surface area contributed by atoms with Crippen molar-refractivity contribution in [2.24, 2.45) is 5.73 Å². The van der Waals surface area contributed by atoms with Crippen LogP contribution < -0.4 is 10.5 Å². The average molecular weight is 390 g/mol. The molecular formula is C15H15BrCl2N2O. The summed E-state index contributed by atoms with van der Waals surface area (Å²) >= 11 is 15.6. The lowest BCUT2D eigenvalue weighted by Gasteiger charge is -2.15. The number of nitrogens with zero attached hydrogens (tertiary/aromatic N) is 1. The molecule has 1 aromatic carbocycles. The fraction of sp³-hybridized carbons (Fsp3) is 0.267. The van der Waals surface area contributed by atoms with Gasteiger partial charge in [0.15, 0.2) is 0 Å². The zero-order chi connectivity index (χ0) is 15.4. The van der Waals surface area contributed by atoms with Crippen molar-refractivity contribution in [2.75, 3.05) is 0 Å². The Labute approximate surface area is 142 Å². The smallest absolute Gasteiger partial charge is 0.141 e. The van der Waals surface area contributed by atoms with Crippen LogP contribution in [0.2, 0.25) is 10.0 Å². The van der Waals surface area contributed by atoms with Gasteiger partial charge in [-0.2, -0.15) is 0 Å². The molecule has 0 aliphatic rings. The molecule has 0 radical (unpaired) electrons. The molecule has 2 aromatic rings. The van der Waals surface area contributed by atoms with Gasteiger partial charge in [-0.15, -0.1) is 0 Å². The van der Waals surface area contributed by atoms with E-state index in [2.05, 4.69) is 20.9 Å². The van der Waals surface area contributed by atoms with E-state index in [1.807, 2.05) is 25.1 Å². The number of hydrogen-bond acceptors (Lipinski definition) is 3. The fourth-order valence-corrected chi connectivity index (χ4v) is 2.74. The summed E-state index contributed by atoms with van der Waals surface area (Å²) in [4.78, 5) is 4.27. The second-order valence-corrected chi connectivity index (χ2v) is 6.57. The van der Waals surface area contributed by atoms with Gasteiger partial charge < -0.3 is 10.5 Å². The van der Waals surface area contributed by atoms with E-state index in [1.54, 1.807) is 12.3 Å². The van der Waals surface area contributed by atoms with Crippen molar-refractivity contribution in [3.05, 3.63) is 56.2 Å². The second-order valence-electron chi connectivity index (χ2n) is 4.81. The molecule has 0 saturated carbocycles. The maximum atomic E-state index is 6.23. The van der Waals surface area contributed by atoms with Crippen molar-refractivity contribution in [3.8, 4) is 5.75 Å². The number of pyridine rings is 1. The summed E-state index contributed by atoms with van der Waals surface area (Å²) in [5, 5.41) is 1.06. The Kier molecular flexibility index (Phi) is 5.88. The molecular weight excluding hydrogens is 375 g/mol. The van der Waals surface area contributed by atoms with E-state index in [4.69, 9.17) is 33.7 Å². The van der Waals surface area contributed by atoms with Crippen LogP contribution in [-0.4, -0.2) is 11.0 Å². The highest BCUT2D eigenvalue weighted by molar-refractivity contribution is 9.10. The van der Waals surface area contributed by atoms with Gasteiger partial charge in [-0.3, -0.25) is 4.98 Å². The largest absolute Gasteiger partial charge is 0.485 e. The number of benzene rings is 1. The lowest BCUT2D eigenvalue weighted by Crippen LogP contribution is -2.18. The topological polar surface area (TPSA) is 48.1 Å². The van der Waals surface area contributed by atoms with Crippen LogP contribution in [0.15, 0.2) is 34.9 Å². The molecule has 21 heavy (non-hydrogen) atoms. The Balaban J connectivity index is 2.19. The van der Waals surface area contributed by atoms with Crippen LogP contribution in [0.5, 0.6) is 5.75 Å². The molecule has 0 aliphatic carbocycles. The Hall–Kier alpha value is -0.810. The molecule has 2 rings (SSSR count). The van der Waals surface area contributed by atoms with Crippen molar-refractivity contribution in [1.29, 1.82) is 0 Å². The number of hydrogen-bond donors (Lipinski definition) is 1. The first kappa shape index (κ1) is 16.6. The van der Waals surface area contributed by atoms with Crippen LogP contribution in [0.1, 0.15) is 18.2 Å². The molecule has 1 unspecified atom stereocenters. The van der Waals surface area contributed by atoms with Crippen LogP contribution in [-0.2, 0) is 13.0 Å². The highest BCUT2D eigenvalue weighted by Gasteiger charge is 2.13. The first-order valence-electron chi connectivity index (χ1n) is 6.42. The van der Waals surface area contributed by atoms with Crippen molar-refractivity contribution in [3.63, 3.8) is 0 Å². The summed E-state index contributed by atoms with van der Waals surface area (Å²) < 4.78 is 6.75. The number of ether oxygens (including phenoxy) is 1. The highest BCUT2D eigenvalue weighted by atomic mass is 79.9. The average Bonchev–Trinajstić information content (AvgIpc) is 2.39. The molecule has 0 bridgehead atoms.